The maximum Gasteiger partial charge on any atom is 0.293 e. The monoisotopic (exact) mass is 342 g/mol. The lowest BCUT2D eigenvalue weighted by molar-refractivity contribution is -0.147. The molecule has 2 aromatic rings. The van der Waals surface area contributed by atoms with Crippen molar-refractivity contribution in [2.24, 2.45) is 0 Å². The van der Waals surface area contributed by atoms with Gasteiger partial charge >= 0.3 is 0 Å². The predicted octanol–water partition coefficient (Wildman–Crippen LogP) is 2.95. The number of carbonyl (C=O) groups is 2. The molecule has 0 spiro atoms. The van der Waals surface area contributed by atoms with E-state index in [2.05, 4.69) is 0 Å². The number of methoxy groups -OCH3 is 1. The van der Waals surface area contributed by atoms with Gasteiger partial charge in [-0.15, -0.1) is 0 Å². The molecule has 0 amide bonds. The first-order valence-electron chi connectivity index (χ1n) is 8.09. The van der Waals surface area contributed by atoms with Crippen LogP contribution < -0.4 is 4.74 Å². The Morgan fingerprint density at radius 3 is 2.28 bits per heavy atom. The molecule has 5 heteroatoms. The number of ether oxygens (including phenoxy) is 3. The van der Waals surface area contributed by atoms with Crippen molar-refractivity contribution in [1.82, 2.24) is 0 Å². The van der Waals surface area contributed by atoms with Crippen LogP contribution in [-0.2, 0) is 32.1 Å². The summed E-state index contributed by atoms with van der Waals surface area (Å²) >= 11 is 0. The SMILES string of the molecule is COc1ccc(CO[C@H](C=O)[C@H](CCc2ccccc2)OC=O)cc1. The molecule has 0 saturated carbocycles. The van der Waals surface area contributed by atoms with Crippen molar-refractivity contribution in [1.29, 1.82) is 0 Å². The summed E-state index contributed by atoms with van der Waals surface area (Å²) in [5.74, 6) is 0.751. The third-order valence-electron chi connectivity index (χ3n) is 3.89. The molecule has 2 rings (SSSR count). The van der Waals surface area contributed by atoms with Gasteiger partial charge in [-0.3, -0.25) is 4.79 Å². The van der Waals surface area contributed by atoms with E-state index >= 15 is 0 Å². The van der Waals surface area contributed by atoms with Crippen LogP contribution in [0.3, 0.4) is 0 Å². The van der Waals surface area contributed by atoms with Gasteiger partial charge in [0.2, 0.25) is 0 Å². The highest BCUT2D eigenvalue weighted by Gasteiger charge is 2.23. The van der Waals surface area contributed by atoms with E-state index in [0.717, 1.165) is 16.9 Å². The van der Waals surface area contributed by atoms with Gasteiger partial charge in [0.1, 0.15) is 18.0 Å². The zero-order chi connectivity index (χ0) is 17.9. The largest absolute Gasteiger partial charge is 0.497 e. The first kappa shape index (κ1) is 18.7. The Kier molecular flexibility index (Phi) is 7.66. The first-order valence-corrected chi connectivity index (χ1v) is 8.09. The zero-order valence-electron chi connectivity index (χ0n) is 14.2. The molecule has 5 nitrogen and oxygen atoms in total. The second-order valence-electron chi connectivity index (χ2n) is 5.55. The van der Waals surface area contributed by atoms with Gasteiger partial charge in [0.15, 0.2) is 6.29 Å². The van der Waals surface area contributed by atoms with E-state index in [4.69, 9.17) is 14.2 Å². The molecule has 0 bridgehead atoms. The van der Waals surface area contributed by atoms with Crippen LogP contribution in [0.5, 0.6) is 5.75 Å². The lowest BCUT2D eigenvalue weighted by atomic mass is 10.0. The van der Waals surface area contributed by atoms with Crippen molar-refractivity contribution < 1.29 is 23.8 Å². The quantitative estimate of drug-likeness (QED) is 0.588. The minimum Gasteiger partial charge on any atom is -0.497 e. The molecule has 2 atom stereocenters. The number of benzene rings is 2. The Morgan fingerprint density at radius 2 is 1.68 bits per heavy atom. The average molecular weight is 342 g/mol. The zero-order valence-corrected chi connectivity index (χ0v) is 14.2. The summed E-state index contributed by atoms with van der Waals surface area (Å²) in [6.45, 7) is 0.611. The highest BCUT2D eigenvalue weighted by Crippen LogP contribution is 2.15. The van der Waals surface area contributed by atoms with Crippen LogP contribution in [0, 0.1) is 0 Å². The molecule has 0 aromatic heterocycles. The average Bonchev–Trinajstić information content (AvgIpc) is 2.67. The van der Waals surface area contributed by atoms with Crippen LogP contribution in [-0.4, -0.2) is 32.1 Å². The smallest absolute Gasteiger partial charge is 0.293 e. The number of aldehydes is 1. The van der Waals surface area contributed by atoms with Crippen molar-refractivity contribution in [2.45, 2.75) is 31.7 Å². The summed E-state index contributed by atoms with van der Waals surface area (Å²) in [5.41, 5.74) is 2.02. The summed E-state index contributed by atoms with van der Waals surface area (Å²) in [6.07, 6.45) is 0.456. The van der Waals surface area contributed by atoms with Gasteiger partial charge < -0.3 is 19.0 Å². The van der Waals surface area contributed by atoms with E-state index in [1.54, 1.807) is 7.11 Å². The highest BCUT2D eigenvalue weighted by atomic mass is 16.6. The molecule has 0 aliphatic carbocycles. The Hall–Kier alpha value is -2.66. The molecule has 0 unspecified atom stereocenters. The molecule has 0 fully saturated rings. The number of hydrogen-bond acceptors (Lipinski definition) is 5. The van der Waals surface area contributed by atoms with Crippen molar-refractivity contribution in [2.75, 3.05) is 7.11 Å². The van der Waals surface area contributed by atoms with E-state index in [0.29, 0.717) is 25.6 Å². The topological polar surface area (TPSA) is 61.8 Å². The second-order valence-corrected chi connectivity index (χ2v) is 5.55. The summed E-state index contributed by atoms with van der Waals surface area (Å²) in [5, 5.41) is 0. The molecule has 0 saturated heterocycles. The molecule has 2 aromatic carbocycles. The fourth-order valence-corrected chi connectivity index (χ4v) is 2.48. The minimum atomic E-state index is -0.809. The van der Waals surface area contributed by atoms with Gasteiger partial charge in [-0.25, -0.2) is 0 Å². The molecule has 0 aliphatic rings. The molecule has 0 N–H and O–H groups in total. The van der Waals surface area contributed by atoms with Crippen molar-refractivity contribution in [3.8, 4) is 5.75 Å². The molecular formula is C20H22O5. The highest BCUT2D eigenvalue weighted by molar-refractivity contribution is 5.57. The van der Waals surface area contributed by atoms with Crippen molar-refractivity contribution in [3.63, 3.8) is 0 Å². The third kappa shape index (κ3) is 6.04. The fourth-order valence-electron chi connectivity index (χ4n) is 2.48. The molecule has 0 radical (unpaired) electrons. The standard InChI is InChI=1S/C20H22O5/c1-23-18-10-7-17(8-11-18)14-24-20(13-21)19(25-15-22)12-9-16-5-3-2-4-6-16/h2-8,10-11,13,15,19-20H,9,12,14H2,1H3/t19-,20+/m0/s1. The van der Waals surface area contributed by atoms with Gasteiger partial charge in [-0.2, -0.15) is 0 Å². The van der Waals surface area contributed by atoms with Gasteiger partial charge in [0, 0.05) is 0 Å². The van der Waals surface area contributed by atoms with E-state index in [1.165, 1.54) is 0 Å². The maximum absolute atomic E-state index is 11.4. The van der Waals surface area contributed by atoms with E-state index in [9.17, 15) is 9.59 Å². The van der Waals surface area contributed by atoms with Gasteiger partial charge in [0.05, 0.1) is 13.7 Å². The molecule has 25 heavy (non-hydrogen) atoms. The molecular weight excluding hydrogens is 320 g/mol. The van der Waals surface area contributed by atoms with Gasteiger partial charge in [0.25, 0.3) is 6.47 Å². The maximum atomic E-state index is 11.4. The Bertz CT molecular complexity index is 639. The lowest BCUT2D eigenvalue weighted by Gasteiger charge is -2.21. The van der Waals surface area contributed by atoms with E-state index < -0.39 is 12.2 Å². The fraction of sp³-hybridized carbons (Fsp3) is 0.300. The van der Waals surface area contributed by atoms with Gasteiger partial charge in [-0.1, -0.05) is 42.5 Å². The lowest BCUT2D eigenvalue weighted by Crippen LogP contribution is -2.33. The second kappa shape index (κ2) is 10.3. The van der Waals surface area contributed by atoms with Crippen molar-refractivity contribution >= 4 is 12.8 Å². The Labute approximate surface area is 147 Å². The number of carbonyl (C=O) groups excluding carboxylic acids is 2. The van der Waals surface area contributed by atoms with Crippen LogP contribution in [0.25, 0.3) is 0 Å². The summed E-state index contributed by atoms with van der Waals surface area (Å²) < 4.78 is 15.9. The Balaban J connectivity index is 1.93. The summed E-state index contributed by atoms with van der Waals surface area (Å²) in [7, 11) is 1.60. The van der Waals surface area contributed by atoms with Crippen LogP contribution in [0.15, 0.2) is 54.6 Å². The summed E-state index contributed by atoms with van der Waals surface area (Å²) in [6, 6.07) is 17.2. The van der Waals surface area contributed by atoms with Crippen LogP contribution >= 0.6 is 0 Å². The summed E-state index contributed by atoms with van der Waals surface area (Å²) in [4.78, 5) is 22.2. The van der Waals surface area contributed by atoms with E-state index in [-0.39, 0.29) is 6.61 Å². The van der Waals surface area contributed by atoms with Crippen LogP contribution in [0.4, 0.5) is 0 Å². The Morgan fingerprint density at radius 1 is 0.960 bits per heavy atom. The molecule has 0 aliphatic heterocycles. The number of rotatable bonds is 11. The third-order valence-corrected chi connectivity index (χ3v) is 3.89. The number of hydrogen-bond donors (Lipinski definition) is 0. The van der Waals surface area contributed by atoms with Crippen LogP contribution in [0.1, 0.15) is 17.5 Å². The van der Waals surface area contributed by atoms with Crippen molar-refractivity contribution in [3.05, 3.63) is 65.7 Å². The normalized spacial score (nSPS) is 12.8. The molecule has 0 heterocycles. The van der Waals surface area contributed by atoms with E-state index in [1.807, 2.05) is 54.6 Å². The first-order chi connectivity index (χ1) is 12.3. The predicted molar refractivity (Wildman–Crippen MR) is 93.3 cm³/mol. The van der Waals surface area contributed by atoms with Gasteiger partial charge in [-0.05, 0) is 36.1 Å². The van der Waals surface area contributed by atoms with Crippen LogP contribution in [0.2, 0.25) is 0 Å². The number of aryl methyl sites for hydroxylation is 1. The minimum absolute atomic E-state index is 0.247. The molecule has 132 valence electrons.